The second kappa shape index (κ2) is 5.22. The summed E-state index contributed by atoms with van der Waals surface area (Å²) in [5.74, 6) is 0. The highest BCUT2D eigenvalue weighted by molar-refractivity contribution is 6.30. The average Bonchev–Trinajstić information content (AvgIpc) is 2.74. The summed E-state index contributed by atoms with van der Waals surface area (Å²) in [6.45, 7) is 0.123. The van der Waals surface area contributed by atoms with Crippen LogP contribution in [0.25, 0.3) is 0 Å². The molecular formula is C12H10ClF3N2O. The fourth-order valence-electron chi connectivity index (χ4n) is 1.62. The Morgan fingerprint density at radius 3 is 2.37 bits per heavy atom. The SMILES string of the molecule is O[C@@H](Cn1cc(Cl)cn1)c1ccc(C(F)(F)F)cc1. The van der Waals surface area contributed by atoms with E-state index < -0.39 is 17.8 Å². The molecule has 0 fully saturated rings. The Hall–Kier alpha value is -1.53. The van der Waals surface area contributed by atoms with Gasteiger partial charge in [-0.3, -0.25) is 4.68 Å². The van der Waals surface area contributed by atoms with Gasteiger partial charge in [-0.2, -0.15) is 18.3 Å². The van der Waals surface area contributed by atoms with Crippen molar-refractivity contribution in [3.63, 3.8) is 0 Å². The van der Waals surface area contributed by atoms with Crippen molar-refractivity contribution in [1.29, 1.82) is 0 Å². The summed E-state index contributed by atoms with van der Waals surface area (Å²) in [7, 11) is 0. The first-order chi connectivity index (χ1) is 8.86. The van der Waals surface area contributed by atoms with Crippen molar-refractivity contribution < 1.29 is 18.3 Å². The fourth-order valence-corrected chi connectivity index (χ4v) is 1.77. The van der Waals surface area contributed by atoms with Crippen LogP contribution in [-0.2, 0) is 12.7 Å². The van der Waals surface area contributed by atoms with Crippen molar-refractivity contribution in [2.45, 2.75) is 18.8 Å². The van der Waals surface area contributed by atoms with E-state index in [1.807, 2.05) is 0 Å². The number of hydrogen-bond acceptors (Lipinski definition) is 2. The fraction of sp³-hybridized carbons (Fsp3) is 0.250. The first-order valence-electron chi connectivity index (χ1n) is 5.39. The van der Waals surface area contributed by atoms with Crippen LogP contribution in [-0.4, -0.2) is 14.9 Å². The molecule has 1 aromatic carbocycles. The maximum absolute atomic E-state index is 12.4. The van der Waals surface area contributed by atoms with Gasteiger partial charge in [0, 0.05) is 6.20 Å². The molecule has 0 saturated carbocycles. The molecule has 1 atom stereocenters. The van der Waals surface area contributed by atoms with Crippen molar-refractivity contribution in [3.8, 4) is 0 Å². The predicted octanol–water partition coefficient (Wildman–Crippen LogP) is 3.29. The van der Waals surface area contributed by atoms with Crippen molar-refractivity contribution >= 4 is 11.6 Å². The lowest BCUT2D eigenvalue weighted by molar-refractivity contribution is -0.137. The van der Waals surface area contributed by atoms with E-state index in [0.717, 1.165) is 12.1 Å². The molecule has 1 aromatic heterocycles. The molecule has 1 heterocycles. The molecular weight excluding hydrogens is 281 g/mol. The average molecular weight is 291 g/mol. The Morgan fingerprint density at radius 1 is 1.26 bits per heavy atom. The van der Waals surface area contributed by atoms with Crippen LogP contribution in [0.5, 0.6) is 0 Å². The number of halogens is 4. The van der Waals surface area contributed by atoms with Crippen molar-refractivity contribution in [1.82, 2.24) is 9.78 Å². The van der Waals surface area contributed by atoms with Crippen LogP contribution in [0, 0.1) is 0 Å². The Balaban J connectivity index is 2.09. The third-order valence-electron chi connectivity index (χ3n) is 2.58. The highest BCUT2D eigenvalue weighted by Crippen LogP contribution is 2.30. The third kappa shape index (κ3) is 3.48. The van der Waals surface area contributed by atoms with Crippen LogP contribution in [0.1, 0.15) is 17.2 Å². The largest absolute Gasteiger partial charge is 0.416 e. The van der Waals surface area contributed by atoms with Gasteiger partial charge in [-0.25, -0.2) is 0 Å². The lowest BCUT2D eigenvalue weighted by Crippen LogP contribution is -2.10. The highest BCUT2D eigenvalue weighted by atomic mass is 35.5. The summed E-state index contributed by atoms with van der Waals surface area (Å²) < 4.78 is 38.6. The van der Waals surface area contributed by atoms with E-state index in [1.165, 1.54) is 29.2 Å². The minimum atomic E-state index is -4.38. The van der Waals surface area contributed by atoms with E-state index in [4.69, 9.17) is 11.6 Å². The molecule has 0 bridgehead atoms. The predicted molar refractivity (Wildman–Crippen MR) is 63.6 cm³/mol. The minimum Gasteiger partial charge on any atom is -0.386 e. The molecule has 0 aliphatic carbocycles. The van der Waals surface area contributed by atoms with E-state index in [1.54, 1.807) is 0 Å². The van der Waals surface area contributed by atoms with Gasteiger partial charge < -0.3 is 5.11 Å². The van der Waals surface area contributed by atoms with E-state index in [-0.39, 0.29) is 6.54 Å². The van der Waals surface area contributed by atoms with Crippen LogP contribution < -0.4 is 0 Å². The molecule has 2 aromatic rings. The number of benzene rings is 1. The number of aliphatic hydroxyl groups is 1. The van der Waals surface area contributed by atoms with Gasteiger partial charge in [0.15, 0.2) is 0 Å². The van der Waals surface area contributed by atoms with Gasteiger partial charge in [0.1, 0.15) is 0 Å². The Kier molecular flexibility index (Phi) is 3.82. The maximum Gasteiger partial charge on any atom is 0.416 e. The molecule has 102 valence electrons. The molecule has 0 radical (unpaired) electrons. The lowest BCUT2D eigenvalue weighted by Gasteiger charge is -2.12. The Morgan fingerprint density at radius 2 is 1.89 bits per heavy atom. The van der Waals surface area contributed by atoms with Gasteiger partial charge in [0.25, 0.3) is 0 Å². The molecule has 19 heavy (non-hydrogen) atoms. The maximum atomic E-state index is 12.4. The summed E-state index contributed by atoms with van der Waals surface area (Å²) in [5.41, 5.74) is -0.356. The van der Waals surface area contributed by atoms with Crippen LogP contribution in [0.2, 0.25) is 5.02 Å². The quantitative estimate of drug-likeness (QED) is 0.942. The zero-order valence-electron chi connectivity index (χ0n) is 9.60. The van der Waals surface area contributed by atoms with Gasteiger partial charge in [-0.05, 0) is 17.7 Å². The van der Waals surface area contributed by atoms with E-state index in [0.29, 0.717) is 10.6 Å². The van der Waals surface area contributed by atoms with Crippen molar-refractivity contribution in [2.24, 2.45) is 0 Å². The van der Waals surface area contributed by atoms with E-state index in [9.17, 15) is 18.3 Å². The normalized spacial score (nSPS) is 13.5. The van der Waals surface area contributed by atoms with Gasteiger partial charge in [0.05, 0.1) is 29.4 Å². The van der Waals surface area contributed by atoms with Gasteiger partial charge >= 0.3 is 6.18 Å². The van der Waals surface area contributed by atoms with Crippen LogP contribution in [0.4, 0.5) is 13.2 Å². The second-order valence-corrected chi connectivity index (χ2v) is 4.45. The standard InChI is InChI=1S/C12H10ClF3N2O/c13-10-5-17-18(6-10)7-11(19)8-1-3-9(4-2-8)12(14,15)16/h1-6,11,19H,7H2/t11-/m0/s1. The van der Waals surface area contributed by atoms with E-state index in [2.05, 4.69) is 5.10 Å². The molecule has 0 unspecified atom stereocenters. The van der Waals surface area contributed by atoms with Gasteiger partial charge in [-0.15, -0.1) is 0 Å². The summed E-state index contributed by atoms with van der Waals surface area (Å²) >= 11 is 5.67. The molecule has 1 N–H and O–H groups in total. The highest BCUT2D eigenvalue weighted by Gasteiger charge is 2.30. The molecule has 0 aliphatic heterocycles. The van der Waals surface area contributed by atoms with E-state index >= 15 is 0 Å². The first kappa shape index (κ1) is 13.9. The molecule has 0 amide bonds. The molecule has 2 rings (SSSR count). The number of hydrogen-bond donors (Lipinski definition) is 1. The summed E-state index contributed by atoms with van der Waals surface area (Å²) in [6, 6.07) is 4.38. The molecule has 0 saturated heterocycles. The minimum absolute atomic E-state index is 0.123. The number of alkyl halides is 3. The van der Waals surface area contributed by atoms with Crippen molar-refractivity contribution in [3.05, 3.63) is 52.8 Å². The second-order valence-electron chi connectivity index (χ2n) is 4.02. The monoisotopic (exact) mass is 290 g/mol. The molecule has 7 heteroatoms. The van der Waals surface area contributed by atoms with Gasteiger partial charge in [0.2, 0.25) is 0 Å². The number of nitrogens with zero attached hydrogens (tertiary/aromatic N) is 2. The molecule has 3 nitrogen and oxygen atoms in total. The summed E-state index contributed by atoms with van der Waals surface area (Å²) in [5, 5.41) is 14.2. The zero-order chi connectivity index (χ0) is 14.0. The third-order valence-corrected chi connectivity index (χ3v) is 2.78. The van der Waals surface area contributed by atoms with Crippen LogP contribution in [0.3, 0.4) is 0 Å². The molecule has 0 aliphatic rings. The van der Waals surface area contributed by atoms with Crippen LogP contribution >= 0.6 is 11.6 Å². The Labute approximate surface area is 112 Å². The summed E-state index contributed by atoms with van der Waals surface area (Å²) in [6.07, 6.45) is -2.38. The topological polar surface area (TPSA) is 38.0 Å². The lowest BCUT2D eigenvalue weighted by atomic mass is 10.1. The first-order valence-corrected chi connectivity index (χ1v) is 5.77. The number of aliphatic hydroxyl groups excluding tert-OH is 1. The summed E-state index contributed by atoms with van der Waals surface area (Å²) in [4.78, 5) is 0. The molecule has 0 spiro atoms. The van der Waals surface area contributed by atoms with Crippen LogP contribution in [0.15, 0.2) is 36.7 Å². The van der Waals surface area contributed by atoms with Gasteiger partial charge in [-0.1, -0.05) is 23.7 Å². The number of rotatable bonds is 3. The Bertz CT molecular complexity index is 551. The number of aromatic nitrogens is 2. The van der Waals surface area contributed by atoms with Crippen molar-refractivity contribution in [2.75, 3.05) is 0 Å². The zero-order valence-corrected chi connectivity index (χ0v) is 10.4. The smallest absolute Gasteiger partial charge is 0.386 e.